The summed E-state index contributed by atoms with van der Waals surface area (Å²) in [7, 11) is 0. The zero-order valence-corrected chi connectivity index (χ0v) is 6.82. The van der Waals surface area contributed by atoms with Crippen LogP contribution in [0.3, 0.4) is 0 Å². The largest absolute Gasteiger partial charge is 0.252 e. The molecule has 0 spiro atoms. The van der Waals surface area contributed by atoms with Crippen LogP contribution in [0.1, 0.15) is 25.0 Å². The number of hydrogen-bond acceptors (Lipinski definition) is 2. The number of rotatable bonds is 2. The molecule has 1 aliphatic rings. The van der Waals surface area contributed by atoms with Gasteiger partial charge in [-0.05, 0) is 25.7 Å². The van der Waals surface area contributed by atoms with Gasteiger partial charge in [-0.25, -0.2) is 0 Å². The van der Waals surface area contributed by atoms with Crippen LogP contribution in [0.2, 0.25) is 0 Å². The molecule has 0 N–H and O–H groups in total. The van der Waals surface area contributed by atoms with Gasteiger partial charge in [-0.1, -0.05) is 11.6 Å². The molecule has 0 bridgehead atoms. The van der Waals surface area contributed by atoms with Crippen molar-refractivity contribution in [1.29, 1.82) is 0 Å². The second kappa shape index (κ2) is 2.64. The maximum absolute atomic E-state index is 4.00. The normalized spacial score (nSPS) is 18.3. The van der Waals surface area contributed by atoms with Gasteiger partial charge in [0.25, 0.3) is 0 Å². The molecule has 0 aliphatic heterocycles. The van der Waals surface area contributed by atoms with Crippen molar-refractivity contribution in [3.63, 3.8) is 0 Å². The Kier molecular flexibility index (Phi) is 1.64. The summed E-state index contributed by atoms with van der Waals surface area (Å²) < 4.78 is 1.96. The summed E-state index contributed by atoms with van der Waals surface area (Å²) in [5.41, 5.74) is 1.02. The molecule has 1 aliphatic carbocycles. The molecule has 0 atom stereocenters. The van der Waals surface area contributed by atoms with Crippen molar-refractivity contribution in [2.45, 2.75) is 32.7 Å². The number of aromatic nitrogens is 3. The van der Waals surface area contributed by atoms with Crippen LogP contribution in [0.25, 0.3) is 0 Å². The molecule has 0 saturated heterocycles. The summed E-state index contributed by atoms with van der Waals surface area (Å²) >= 11 is 0. The Balaban J connectivity index is 1.95. The first-order valence-corrected chi connectivity index (χ1v) is 4.21. The van der Waals surface area contributed by atoms with E-state index in [1.54, 1.807) is 0 Å². The summed E-state index contributed by atoms with van der Waals surface area (Å²) in [6.45, 7) is 3.05. The summed E-state index contributed by atoms with van der Waals surface area (Å²) in [6.07, 6.45) is 6.16. The molecule has 1 aromatic heterocycles. The fraction of sp³-hybridized carbons (Fsp3) is 0.750. The molecular weight excluding hydrogens is 138 g/mol. The van der Waals surface area contributed by atoms with Gasteiger partial charge in [-0.2, -0.15) is 0 Å². The van der Waals surface area contributed by atoms with Crippen molar-refractivity contribution in [1.82, 2.24) is 15.0 Å². The third-order valence-corrected chi connectivity index (χ3v) is 2.32. The molecule has 0 radical (unpaired) electrons. The van der Waals surface area contributed by atoms with Crippen molar-refractivity contribution in [3.8, 4) is 0 Å². The molecule has 0 amide bonds. The maximum atomic E-state index is 4.00. The summed E-state index contributed by atoms with van der Waals surface area (Å²) in [4.78, 5) is 0. The minimum Gasteiger partial charge on any atom is -0.252 e. The molecule has 1 fully saturated rings. The van der Waals surface area contributed by atoms with E-state index in [1.165, 1.54) is 19.3 Å². The Labute approximate surface area is 66.4 Å². The zero-order valence-electron chi connectivity index (χ0n) is 6.82. The lowest BCUT2D eigenvalue weighted by molar-refractivity contribution is 0.264. The standard InChI is InChI=1S/C8H13N3/c1-7-5-11(10-9-7)6-8-3-2-4-8/h5,8H,2-4,6H2,1H3. The molecule has 2 rings (SSSR count). The van der Waals surface area contributed by atoms with E-state index in [1.807, 2.05) is 17.8 Å². The van der Waals surface area contributed by atoms with E-state index in [0.29, 0.717) is 0 Å². The Bertz CT molecular complexity index is 237. The first kappa shape index (κ1) is 6.83. The van der Waals surface area contributed by atoms with Crippen LogP contribution in [0.5, 0.6) is 0 Å². The topological polar surface area (TPSA) is 30.7 Å². The SMILES string of the molecule is Cc1cn(CC2CCC2)nn1. The minimum absolute atomic E-state index is 0.871. The average molecular weight is 151 g/mol. The maximum Gasteiger partial charge on any atom is 0.0796 e. The molecule has 3 heteroatoms. The van der Waals surface area contributed by atoms with E-state index in [9.17, 15) is 0 Å². The highest BCUT2D eigenvalue weighted by Crippen LogP contribution is 2.27. The lowest BCUT2D eigenvalue weighted by Crippen LogP contribution is -2.18. The van der Waals surface area contributed by atoms with Gasteiger partial charge in [0.1, 0.15) is 0 Å². The van der Waals surface area contributed by atoms with Crippen LogP contribution >= 0.6 is 0 Å². The second-order valence-electron chi connectivity index (χ2n) is 3.38. The Morgan fingerprint density at radius 3 is 2.91 bits per heavy atom. The predicted molar refractivity (Wildman–Crippen MR) is 42.1 cm³/mol. The van der Waals surface area contributed by atoms with Crippen LogP contribution in [0, 0.1) is 12.8 Å². The van der Waals surface area contributed by atoms with Crippen LogP contribution in [-0.2, 0) is 6.54 Å². The van der Waals surface area contributed by atoms with Gasteiger partial charge < -0.3 is 0 Å². The van der Waals surface area contributed by atoms with Gasteiger partial charge in [-0.15, -0.1) is 5.10 Å². The third-order valence-electron chi connectivity index (χ3n) is 2.32. The highest BCUT2D eigenvalue weighted by atomic mass is 15.4. The Morgan fingerprint density at radius 1 is 1.64 bits per heavy atom. The van der Waals surface area contributed by atoms with Gasteiger partial charge in [-0.3, -0.25) is 4.68 Å². The molecule has 60 valence electrons. The highest BCUT2D eigenvalue weighted by Gasteiger charge is 2.17. The summed E-state index contributed by atoms with van der Waals surface area (Å²) in [5.74, 6) is 0.871. The number of nitrogens with zero attached hydrogens (tertiary/aromatic N) is 3. The monoisotopic (exact) mass is 151 g/mol. The van der Waals surface area contributed by atoms with Gasteiger partial charge in [0.2, 0.25) is 0 Å². The van der Waals surface area contributed by atoms with E-state index in [0.717, 1.165) is 18.2 Å². The first-order chi connectivity index (χ1) is 5.34. The summed E-state index contributed by atoms with van der Waals surface area (Å²) in [5, 5.41) is 7.95. The van der Waals surface area contributed by atoms with Crippen molar-refractivity contribution in [3.05, 3.63) is 11.9 Å². The average Bonchev–Trinajstić information content (AvgIpc) is 2.27. The Hall–Kier alpha value is -0.860. The van der Waals surface area contributed by atoms with Crippen LogP contribution in [0.15, 0.2) is 6.20 Å². The fourth-order valence-corrected chi connectivity index (χ4v) is 1.42. The molecule has 1 saturated carbocycles. The first-order valence-electron chi connectivity index (χ1n) is 4.21. The van der Waals surface area contributed by atoms with Gasteiger partial charge in [0.15, 0.2) is 0 Å². The lowest BCUT2D eigenvalue weighted by Gasteiger charge is -2.24. The molecule has 3 nitrogen and oxygen atoms in total. The minimum atomic E-state index is 0.871. The van der Waals surface area contributed by atoms with Crippen molar-refractivity contribution in [2.24, 2.45) is 5.92 Å². The molecule has 1 heterocycles. The van der Waals surface area contributed by atoms with Crippen LogP contribution in [-0.4, -0.2) is 15.0 Å². The third kappa shape index (κ3) is 1.42. The smallest absolute Gasteiger partial charge is 0.0796 e. The van der Waals surface area contributed by atoms with Crippen molar-refractivity contribution < 1.29 is 0 Å². The molecule has 11 heavy (non-hydrogen) atoms. The van der Waals surface area contributed by atoms with Crippen LogP contribution < -0.4 is 0 Å². The van der Waals surface area contributed by atoms with Gasteiger partial charge in [0.05, 0.1) is 5.69 Å². The van der Waals surface area contributed by atoms with Gasteiger partial charge >= 0.3 is 0 Å². The van der Waals surface area contributed by atoms with Gasteiger partial charge in [0, 0.05) is 12.7 Å². The van der Waals surface area contributed by atoms with Crippen molar-refractivity contribution >= 4 is 0 Å². The lowest BCUT2D eigenvalue weighted by atomic mass is 9.85. The van der Waals surface area contributed by atoms with E-state index >= 15 is 0 Å². The number of aryl methyl sites for hydroxylation is 1. The zero-order chi connectivity index (χ0) is 7.68. The fourth-order valence-electron chi connectivity index (χ4n) is 1.42. The van der Waals surface area contributed by atoms with E-state index in [4.69, 9.17) is 0 Å². The number of hydrogen-bond donors (Lipinski definition) is 0. The van der Waals surface area contributed by atoms with E-state index < -0.39 is 0 Å². The van der Waals surface area contributed by atoms with Crippen molar-refractivity contribution in [2.75, 3.05) is 0 Å². The molecular formula is C8H13N3. The summed E-state index contributed by atoms with van der Waals surface area (Å²) in [6, 6.07) is 0. The quantitative estimate of drug-likeness (QED) is 0.639. The highest BCUT2D eigenvalue weighted by molar-refractivity contribution is 4.87. The van der Waals surface area contributed by atoms with E-state index in [-0.39, 0.29) is 0 Å². The Morgan fingerprint density at radius 2 is 2.45 bits per heavy atom. The molecule has 0 aromatic carbocycles. The molecule has 1 aromatic rings. The predicted octanol–water partition coefficient (Wildman–Crippen LogP) is 1.39. The second-order valence-corrected chi connectivity index (χ2v) is 3.38. The molecule has 0 unspecified atom stereocenters. The van der Waals surface area contributed by atoms with E-state index in [2.05, 4.69) is 10.3 Å². The van der Waals surface area contributed by atoms with Crippen LogP contribution in [0.4, 0.5) is 0 Å².